The average molecular weight is 396 g/mol. The zero-order valence-electron chi connectivity index (χ0n) is 16.0. The van der Waals surface area contributed by atoms with Crippen molar-refractivity contribution in [2.45, 2.75) is 6.92 Å². The van der Waals surface area contributed by atoms with Gasteiger partial charge in [-0.3, -0.25) is 4.79 Å². The molecule has 2 aromatic heterocycles. The molecule has 5 nitrogen and oxygen atoms in total. The Morgan fingerprint density at radius 2 is 1.63 bits per heavy atom. The van der Waals surface area contributed by atoms with Crippen molar-refractivity contribution in [1.29, 1.82) is 0 Å². The molecule has 0 aliphatic heterocycles. The normalized spacial score (nSPS) is 11.2. The molecule has 1 N–H and O–H groups in total. The quantitative estimate of drug-likeness (QED) is 0.324. The Balaban J connectivity index is 1.93. The van der Waals surface area contributed by atoms with Crippen molar-refractivity contribution in [3.8, 4) is 16.9 Å². The predicted molar refractivity (Wildman–Crippen MR) is 114 cm³/mol. The second-order valence-corrected chi connectivity index (χ2v) is 7.08. The van der Waals surface area contributed by atoms with Crippen LogP contribution >= 0.6 is 0 Å². The van der Waals surface area contributed by atoms with Gasteiger partial charge < -0.3 is 13.9 Å². The van der Waals surface area contributed by atoms with E-state index < -0.39 is 11.4 Å². The number of benzene rings is 3. The number of phenols is 1. The van der Waals surface area contributed by atoms with E-state index in [9.17, 15) is 14.7 Å². The van der Waals surface area contributed by atoms with Gasteiger partial charge in [0, 0.05) is 17.0 Å². The van der Waals surface area contributed by atoms with Crippen LogP contribution in [0.25, 0.3) is 33.1 Å². The summed E-state index contributed by atoms with van der Waals surface area (Å²) in [7, 11) is 0. The molecule has 146 valence electrons. The fraction of sp³-hybridized carbons (Fsp3) is 0.0400. The number of carbonyl (C=O) groups is 1. The van der Waals surface area contributed by atoms with Crippen LogP contribution in [0.2, 0.25) is 0 Å². The van der Waals surface area contributed by atoms with Crippen LogP contribution in [0.5, 0.6) is 5.75 Å². The maximum atomic E-state index is 13.4. The molecule has 30 heavy (non-hydrogen) atoms. The molecule has 5 heteroatoms. The fourth-order valence-corrected chi connectivity index (χ4v) is 3.79. The van der Waals surface area contributed by atoms with Crippen LogP contribution in [0.1, 0.15) is 21.7 Å². The van der Waals surface area contributed by atoms with E-state index in [4.69, 9.17) is 8.83 Å². The lowest BCUT2D eigenvalue weighted by atomic mass is 9.96. The minimum atomic E-state index is -0.471. The summed E-state index contributed by atoms with van der Waals surface area (Å²) in [6.07, 6.45) is 0. The zero-order chi connectivity index (χ0) is 20.8. The molecule has 2 heterocycles. The number of ketones is 1. The van der Waals surface area contributed by atoms with Gasteiger partial charge in [-0.2, -0.15) is 0 Å². The summed E-state index contributed by atoms with van der Waals surface area (Å²) < 4.78 is 11.6. The second kappa shape index (κ2) is 6.74. The number of furan rings is 1. The first kappa shape index (κ1) is 17.9. The molecule has 0 spiro atoms. The van der Waals surface area contributed by atoms with Crippen molar-refractivity contribution in [2.75, 3.05) is 0 Å². The van der Waals surface area contributed by atoms with Crippen LogP contribution in [0.4, 0.5) is 0 Å². The first-order chi connectivity index (χ1) is 14.5. The van der Waals surface area contributed by atoms with Crippen LogP contribution in [-0.2, 0) is 0 Å². The fourth-order valence-electron chi connectivity index (χ4n) is 3.79. The van der Waals surface area contributed by atoms with Gasteiger partial charge in [0.1, 0.15) is 16.9 Å². The molecule has 0 amide bonds. The van der Waals surface area contributed by atoms with Gasteiger partial charge in [0.2, 0.25) is 5.78 Å². The van der Waals surface area contributed by atoms with E-state index in [1.54, 1.807) is 24.3 Å². The van der Waals surface area contributed by atoms with Gasteiger partial charge in [-0.05, 0) is 42.3 Å². The largest absolute Gasteiger partial charge is 0.507 e. The van der Waals surface area contributed by atoms with E-state index in [1.807, 2.05) is 43.3 Å². The van der Waals surface area contributed by atoms with Crippen molar-refractivity contribution >= 4 is 27.7 Å². The highest BCUT2D eigenvalue weighted by Crippen LogP contribution is 2.40. The van der Waals surface area contributed by atoms with E-state index in [-0.39, 0.29) is 17.1 Å². The highest BCUT2D eigenvalue weighted by Gasteiger charge is 2.27. The lowest BCUT2D eigenvalue weighted by molar-refractivity contribution is 0.101. The third-order valence-electron chi connectivity index (χ3n) is 5.19. The van der Waals surface area contributed by atoms with Gasteiger partial charge in [-0.25, -0.2) is 4.79 Å². The van der Waals surface area contributed by atoms with Gasteiger partial charge in [-0.1, -0.05) is 42.5 Å². The first-order valence-corrected chi connectivity index (χ1v) is 9.42. The average Bonchev–Trinajstić information content (AvgIpc) is 3.14. The van der Waals surface area contributed by atoms with Crippen molar-refractivity contribution in [2.24, 2.45) is 0 Å². The molecule has 5 rings (SSSR count). The molecule has 3 aromatic carbocycles. The number of hydrogen-bond acceptors (Lipinski definition) is 5. The Morgan fingerprint density at radius 3 is 2.40 bits per heavy atom. The summed E-state index contributed by atoms with van der Waals surface area (Å²) in [5.41, 5.74) is 2.50. The molecular weight excluding hydrogens is 380 g/mol. The minimum absolute atomic E-state index is 0.0781. The van der Waals surface area contributed by atoms with Crippen molar-refractivity contribution in [3.63, 3.8) is 0 Å². The molecule has 0 aliphatic rings. The summed E-state index contributed by atoms with van der Waals surface area (Å²) in [6, 6.07) is 20.6. The van der Waals surface area contributed by atoms with Crippen LogP contribution < -0.4 is 5.63 Å². The van der Waals surface area contributed by atoms with Gasteiger partial charge in [-0.15, -0.1) is 0 Å². The Hall–Kier alpha value is -4.12. The van der Waals surface area contributed by atoms with Gasteiger partial charge in [0.05, 0.1) is 10.9 Å². The molecule has 0 aliphatic carbocycles. The molecule has 0 unspecified atom stereocenters. The highest BCUT2D eigenvalue weighted by atomic mass is 16.4. The van der Waals surface area contributed by atoms with Crippen LogP contribution in [0.3, 0.4) is 0 Å². The van der Waals surface area contributed by atoms with Crippen molar-refractivity contribution in [3.05, 3.63) is 100 Å². The molecule has 0 atom stereocenters. The van der Waals surface area contributed by atoms with E-state index in [0.717, 1.165) is 16.5 Å². The molecular formula is C25H16O5. The van der Waals surface area contributed by atoms with E-state index in [0.29, 0.717) is 22.1 Å². The third-order valence-corrected chi connectivity index (χ3v) is 5.19. The molecule has 5 aromatic rings. The van der Waals surface area contributed by atoms with Crippen molar-refractivity contribution < 1.29 is 18.7 Å². The number of aryl methyl sites for hydroxylation is 1. The Bertz CT molecular complexity index is 1490. The van der Waals surface area contributed by atoms with Crippen molar-refractivity contribution in [1.82, 2.24) is 0 Å². The van der Waals surface area contributed by atoms with Crippen LogP contribution in [-0.4, -0.2) is 10.9 Å². The van der Waals surface area contributed by atoms with Crippen LogP contribution in [0.15, 0.2) is 86.4 Å². The first-order valence-electron chi connectivity index (χ1n) is 9.42. The summed E-state index contributed by atoms with van der Waals surface area (Å²) in [5.74, 6) is -0.505. The maximum absolute atomic E-state index is 13.4. The number of phenolic OH excluding ortho intramolecular Hbond substituents is 1. The van der Waals surface area contributed by atoms with E-state index in [2.05, 4.69) is 0 Å². The Kier molecular flexibility index (Phi) is 4.03. The molecule has 0 saturated heterocycles. The molecule has 0 bridgehead atoms. The number of para-hydroxylation sites is 1. The summed E-state index contributed by atoms with van der Waals surface area (Å²) in [6.45, 7) is 1.83. The third kappa shape index (κ3) is 2.71. The predicted octanol–water partition coefficient (Wildman–Crippen LogP) is 5.45. The summed E-state index contributed by atoms with van der Waals surface area (Å²) in [4.78, 5) is 25.5. The minimum Gasteiger partial charge on any atom is -0.507 e. The van der Waals surface area contributed by atoms with E-state index in [1.165, 1.54) is 12.1 Å². The standard InChI is InChI=1S/C25H16O5/c1-14-13-20(27)30-24-16(14)11-12-19-22(24)21(15-7-3-2-4-8-15)25(29-19)23(28)17-9-5-6-10-18(17)26/h2-13,26H,1H3. The Morgan fingerprint density at radius 1 is 0.900 bits per heavy atom. The zero-order valence-corrected chi connectivity index (χ0v) is 16.0. The van der Waals surface area contributed by atoms with Crippen LogP contribution in [0, 0.1) is 6.92 Å². The Labute approximate surface area is 170 Å². The number of hydrogen-bond donors (Lipinski definition) is 1. The number of fused-ring (bicyclic) bond motifs is 3. The lowest BCUT2D eigenvalue weighted by Crippen LogP contribution is -2.02. The highest BCUT2D eigenvalue weighted by molar-refractivity contribution is 6.20. The maximum Gasteiger partial charge on any atom is 0.336 e. The van der Waals surface area contributed by atoms with Gasteiger partial charge in [0.15, 0.2) is 5.76 Å². The van der Waals surface area contributed by atoms with E-state index >= 15 is 0 Å². The number of aromatic hydroxyl groups is 1. The number of carbonyl (C=O) groups excluding carboxylic acids is 1. The topological polar surface area (TPSA) is 80.7 Å². The SMILES string of the molecule is Cc1cc(=O)oc2c1ccc1oc(C(=O)c3ccccc3O)c(-c3ccccc3)c12. The van der Waals surface area contributed by atoms with Gasteiger partial charge >= 0.3 is 5.63 Å². The number of rotatable bonds is 3. The molecule has 0 radical (unpaired) electrons. The molecule has 0 saturated carbocycles. The summed E-state index contributed by atoms with van der Waals surface area (Å²) >= 11 is 0. The second-order valence-electron chi connectivity index (χ2n) is 7.08. The van der Waals surface area contributed by atoms with Gasteiger partial charge in [0.25, 0.3) is 0 Å². The summed E-state index contributed by atoms with van der Waals surface area (Å²) in [5, 5.41) is 11.5. The lowest BCUT2D eigenvalue weighted by Gasteiger charge is -2.06. The monoisotopic (exact) mass is 396 g/mol. The molecule has 0 fully saturated rings. The smallest absolute Gasteiger partial charge is 0.336 e.